The molecule has 0 atom stereocenters. The lowest BCUT2D eigenvalue weighted by Gasteiger charge is -2.23. The normalized spacial score (nSPS) is 11.1. The third-order valence-electron chi connectivity index (χ3n) is 3.41. The smallest absolute Gasteiger partial charge is 0.326 e. The average Bonchev–Trinajstić information content (AvgIpc) is 2.62. The molecule has 140 valence electrons. The third-order valence-corrected chi connectivity index (χ3v) is 5.20. The lowest BCUT2D eigenvalue weighted by Crippen LogP contribution is -2.36. The van der Waals surface area contributed by atoms with Crippen LogP contribution in [0.2, 0.25) is 0 Å². The number of carbonyl (C=O) groups is 1. The zero-order valence-electron chi connectivity index (χ0n) is 14.1. The molecule has 0 aliphatic heterocycles. The van der Waals surface area contributed by atoms with Gasteiger partial charge in [0.1, 0.15) is 12.3 Å². The molecule has 0 saturated carbocycles. The molecule has 6 nitrogen and oxygen atoms in total. The first-order valence-electron chi connectivity index (χ1n) is 7.57. The number of esters is 1. The Kier molecular flexibility index (Phi) is 6.14. The molecule has 0 bridgehead atoms. The summed E-state index contributed by atoms with van der Waals surface area (Å²) in [5.41, 5.74) is -0.205. The van der Waals surface area contributed by atoms with E-state index in [0.29, 0.717) is 22.7 Å². The summed E-state index contributed by atoms with van der Waals surface area (Å²) in [6.45, 7) is 1.50. The highest BCUT2D eigenvalue weighted by Gasteiger charge is 2.28. The van der Waals surface area contributed by atoms with Crippen LogP contribution in [0.25, 0.3) is 0 Å². The molecule has 0 amide bonds. The van der Waals surface area contributed by atoms with E-state index >= 15 is 0 Å². The Labute approximate surface area is 150 Å². The van der Waals surface area contributed by atoms with Crippen LogP contribution in [0.5, 0.6) is 5.75 Å². The molecular weight excluding hydrogens is 368 g/mol. The van der Waals surface area contributed by atoms with Crippen molar-refractivity contribution in [2.75, 3.05) is 24.6 Å². The van der Waals surface area contributed by atoms with Gasteiger partial charge < -0.3 is 9.47 Å². The minimum Gasteiger partial charge on any atom is -0.494 e. The summed E-state index contributed by atoms with van der Waals surface area (Å²) in [5, 5.41) is 0. The van der Waals surface area contributed by atoms with Gasteiger partial charge in [0.15, 0.2) is 11.6 Å². The molecule has 0 unspecified atom stereocenters. The Morgan fingerprint density at radius 2 is 1.73 bits per heavy atom. The van der Waals surface area contributed by atoms with Crippen LogP contribution in [0, 0.1) is 11.6 Å². The van der Waals surface area contributed by atoms with Crippen molar-refractivity contribution in [1.29, 1.82) is 0 Å². The van der Waals surface area contributed by atoms with Crippen LogP contribution in [-0.2, 0) is 19.6 Å². The van der Waals surface area contributed by atoms with Gasteiger partial charge in [-0.2, -0.15) is 0 Å². The Balaban J connectivity index is 2.48. The second-order valence-electron chi connectivity index (χ2n) is 5.09. The second-order valence-corrected chi connectivity index (χ2v) is 6.95. The monoisotopic (exact) mass is 385 g/mol. The summed E-state index contributed by atoms with van der Waals surface area (Å²) in [6, 6.07) is 8.05. The van der Waals surface area contributed by atoms with Gasteiger partial charge in [0, 0.05) is 6.07 Å². The van der Waals surface area contributed by atoms with Crippen molar-refractivity contribution < 1.29 is 31.5 Å². The number of methoxy groups -OCH3 is 1. The first kappa shape index (κ1) is 19.6. The topological polar surface area (TPSA) is 72.9 Å². The van der Waals surface area contributed by atoms with Crippen LogP contribution in [0.3, 0.4) is 0 Å². The second kappa shape index (κ2) is 8.13. The maximum atomic E-state index is 13.6. The van der Waals surface area contributed by atoms with Gasteiger partial charge in [0.25, 0.3) is 10.0 Å². The van der Waals surface area contributed by atoms with E-state index in [1.54, 1.807) is 6.92 Å². The predicted molar refractivity (Wildman–Crippen MR) is 90.5 cm³/mol. The van der Waals surface area contributed by atoms with E-state index in [1.807, 2.05) is 0 Å². The minimum atomic E-state index is -4.23. The molecule has 0 aliphatic carbocycles. The standard InChI is InChI=1S/C17H17F2NO5S/c1-3-25-13-5-7-14(8-6-13)26(22,23)20(11-17(21)24-2)12-4-9-15(18)16(19)10-12/h4-10H,3,11H2,1-2H3. The van der Waals surface area contributed by atoms with Crippen LogP contribution in [0.4, 0.5) is 14.5 Å². The lowest BCUT2D eigenvalue weighted by atomic mass is 10.3. The Bertz CT molecular complexity index is 885. The third kappa shape index (κ3) is 4.29. The van der Waals surface area contributed by atoms with Crippen molar-refractivity contribution in [3.8, 4) is 5.75 Å². The van der Waals surface area contributed by atoms with Crippen molar-refractivity contribution in [3.63, 3.8) is 0 Å². The average molecular weight is 385 g/mol. The highest BCUT2D eigenvalue weighted by molar-refractivity contribution is 7.92. The van der Waals surface area contributed by atoms with Crippen LogP contribution in [0.1, 0.15) is 6.92 Å². The van der Waals surface area contributed by atoms with Crippen molar-refractivity contribution in [1.82, 2.24) is 0 Å². The number of rotatable bonds is 7. The Morgan fingerprint density at radius 3 is 2.27 bits per heavy atom. The first-order valence-corrected chi connectivity index (χ1v) is 9.01. The van der Waals surface area contributed by atoms with Crippen LogP contribution in [0.15, 0.2) is 47.4 Å². The number of sulfonamides is 1. The molecule has 0 N–H and O–H groups in total. The molecule has 0 saturated heterocycles. The van der Waals surface area contributed by atoms with Gasteiger partial charge in [-0.3, -0.25) is 9.10 Å². The van der Waals surface area contributed by atoms with Crippen molar-refractivity contribution >= 4 is 21.7 Å². The van der Waals surface area contributed by atoms with Gasteiger partial charge in [-0.25, -0.2) is 17.2 Å². The molecule has 26 heavy (non-hydrogen) atoms. The summed E-state index contributed by atoms with van der Waals surface area (Å²) in [4.78, 5) is 11.5. The van der Waals surface area contributed by atoms with E-state index in [4.69, 9.17) is 4.74 Å². The van der Waals surface area contributed by atoms with Crippen LogP contribution >= 0.6 is 0 Å². The Morgan fingerprint density at radius 1 is 1.08 bits per heavy atom. The van der Waals surface area contributed by atoms with E-state index in [2.05, 4.69) is 4.74 Å². The van der Waals surface area contributed by atoms with Gasteiger partial charge in [-0.1, -0.05) is 0 Å². The molecule has 2 aromatic carbocycles. The van der Waals surface area contributed by atoms with E-state index < -0.39 is 34.2 Å². The highest BCUT2D eigenvalue weighted by atomic mass is 32.2. The molecule has 2 aromatic rings. The summed E-state index contributed by atoms with van der Waals surface area (Å²) >= 11 is 0. The predicted octanol–water partition coefficient (Wildman–Crippen LogP) is 2.73. The van der Waals surface area contributed by atoms with Crippen molar-refractivity contribution in [3.05, 3.63) is 54.1 Å². The SMILES string of the molecule is CCOc1ccc(S(=O)(=O)N(CC(=O)OC)c2ccc(F)c(F)c2)cc1. The summed E-state index contributed by atoms with van der Waals surface area (Å²) in [5.74, 6) is -2.76. The molecular formula is C17H17F2NO5S. The number of benzene rings is 2. The first-order chi connectivity index (χ1) is 12.3. The number of anilines is 1. The molecule has 0 spiro atoms. The van der Waals surface area contributed by atoms with E-state index in [1.165, 1.54) is 24.3 Å². The summed E-state index contributed by atoms with van der Waals surface area (Å²) in [6.07, 6.45) is 0. The minimum absolute atomic E-state index is 0.144. The quantitative estimate of drug-likeness (QED) is 0.686. The zero-order chi connectivity index (χ0) is 19.3. The van der Waals surface area contributed by atoms with Crippen LogP contribution in [-0.4, -0.2) is 34.6 Å². The van der Waals surface area contributed by atoms with Crippen LogP contribution < -0.4 is 9.04 Å². The number of ether oxygens (including phenoxy) is 2. The molecule has 2 rings (SSSR count). The molecule has 0 radical (unpaired) electrons. The van der Waals surface area contributed by atoms with Crippen molar-refractivity contribution in [2.24, 2.45) is 0 Å². The number of carbonyl (C=O) groups excluding carboxylic acids is 1. The van der Waals surface area contributed by atoms with Gasteiger partial charge in [0.05, 0.1) is 24.3 Å². The zero-order valence-corrected chi connectivity index (χ0v) is 14.9. The number of hydrogen-bond acceptors (Lipinski definition) is 5. The number of halogens is 2. The maximum Gasteiger partial charge on any atom is 0.326 e. The van der Waals surface area contributed by atoms with Gasteiger partial charge in [-0.05, 0) is 43.3 Å². The molecule has 9 heteroatoms. The summed E-state index contributed by atoms with van der Waals surface area (Å²) < 4.78 is 63.0. The van der Waals surface area contributed by atoms with E-state index in [9.17, 15) is 22.0 Å². The molecule has 0 heterocycles. The molecule has 0 aliphatic rings. The fraction of sp³-hybridized carbons (Fsp3) is 0.235. The molecule has 0 fully saturated rings. The van der Waals surface area contributed by atoms with E-state index in [0.717, 1.165) is 19.2 Å². The van der Waals surface area contributed by atoms with E-state index in [-0.39, 0.29) is 10.6 Å². The fourth-order valence-corrected chi connectivity index (χ4v) is 3.54. The largest absolute Gasteiger partial charge is 0.494 e. The maximum absolute atomic E-state index is 13.6. The summed E-state index contributed by atoms with van der Waals surface area (Å²) in [7, 11) is -3.14. The van der Waals surface area contributed by atoms with Gasteiger partial charge >= 0.3 is 5.97 Å². The Hall–Kier alpha value is -2.68. The highest BCUT2D eigenvalue weighted by Crippen LogP contribution is 2.26. The van der Waals surface area contributed by atoms with Gasteiger partial charge in [-0.15, -0.1) is 0 Å². The van der Waals surface area contributed by atoms with Gasteiger partial charge in [0.2, 0.25) is 0 Å². The molecule has 0 aromatic heterocycles. The number of nitrogens with zero attached hydrogens (tertiary/aromatic N) is 1. The lowest BCUT2D eigenvalue weighted by molar-refractivity contribution is -0.138. The van der Waals surface area contributed by atoms with Crippen molar-refractivity contribution in [2.45, 2.75) is 11.8 Å². The fourth-order valence-electron chi connectivity index (χ4n) is 2.14. The number of hydrogen-bond donors (Lipinski definition) is 0.